The summed E-state index contributed by atoms with van der Waals surface area (Å²) in [6.45, 7) is 5.53. The Balaban J connectivity index is 1.37. The number of aryl methyl sites for hydroxylation is 2. The maximum absolute atomic E-state index is 12.6. The van der Waals surface area contributed by atoms with Crippen LogP contribution in [0, 0.1) is 37.0 Å². The van der Waals surface area contributed by atoms with E-state index in [1.54, 1.807) is 19.1 Å². The van der Waals surface area contributed by atoms with E-state index in [9.17, 15) is 13.2 Å². The highest BCUT2D eigenvalue weighted by molar-refractivity contribution is 7.89. The van der Waals surface area contributed by atoms with E-state index >= 15 is 0 Å². The molecule has 0 aliphatic heterocycles. The van der Waals surface area contributed by atoms with Crippen molar-refractivity contribution in [1.82, 2.24) is 10.0 Å². The monoisotopic (exact) mass is 404 g/mol. The van der Waals surface area contributed by atoms with Gasteiger partial charge in [0.1, 0.15) is 0 Å². The quantitative estimate of drug-likeness (QED) is 0.764. The second kappa shape index (κ2) is 7.13. The SMILES string of the molecule is Cc1ccc(C)c(S(=O)(=O)NCC(=O)N[C@H](C)C23CC4CC(CC(C4)C2)C3)c1. The molecule has 28 heavy (non-hydrogen) atoms. The van der Waals surface area contributed by atoms with Gasteiger partial charge in [0.25, 0.3) is 0 Å². The lowest BCUT2D eigenvalue weighted by Crippen LogP contribution is -2.56. The minimum atomic E-state index is -3.70. The third kappa shape index (κ3) is 3.73. The molecular formula is C22H32N2O3S. The maximum atomic E-state index is 12.6. The molecule has 1 aromatic rings. The second-order valence-corrected chi connectivity index (χ2v) is 11.4. The Bertz CT molecular complexity index is 842. The van der Waals surface area contributed by atoms with Gasteiger partial charge in [0.05, 0.1) is 11.4 Å². The number of carbonyl (C=O) groups excluding carboxylic acids is 1. The van der Waals surface area contributed by atoms with Crippen molar-refractivity contribution < 1.29 is 13.2 Å². The van der Waals surface area contributed by atoms with E-state index in [4.69, 9.17) is 0 Å². The van der Waals surface area contributed by atoms with Crippen molar-refractivity contribution in [3.8, 4) is 0 Å². The second-order valence-electron chi connectivity index (χ2n) is 9.66. The number of amides is 1. The van der Waals surface area contributed by atoms with Gasteiger partial charge in [-0.2, -0.15) is 0 Å². The van der Waals surface area contributed by atoms with Crippen molar-refractivity contribution in [2.45, 2.75) is 70.2 Å². The zero-order valence-corrected chi connectivity index (χ0v) is 17.9. The molecule has 0 heterocycles. The summed E-state index contributed by atoms with van der Waals surface area (Å²) < 4.78 is 27.7. The molecule has 4 saturated carbocycles. The number of nitrogens with one attached hydrogen (secondary N) is 2. The largest absolute Gasteiger partial charge is 0.352 e. The summed E-state index contributed by atoms with van der Waals surface area (Å²) in [5, 5.41) is 3.12. The Morgan fingerprint density at radius 3 is 2.25 bits per heavy atom. The summed E-state index contributed by atoms with van der Waals surface area (Å²) in [5.41, 5.74) is 1.78. The summed E-state index contributed by atoms with van der Waals surface area (Å²) in [5.74, 6) is 2.24. The van der Waals surface area contributed by atoms with Crippen LogP contribution in [0.1, 0.15) is 56.6 Å². The Morgan fingerprint density at radius 2 is 1.68 bits per heavy atom. The molecule has 0 spiro atoms. The number of carbonyl (C=O) groups is 1. The first-order valence-electron chi connectivity index (χ1n) is 10.5. The van der Waals surface area contributed by atoms with Crippen LogP contribution in [0.2, 0.25) is 0 Å². The fourth-order valence-electron chi connectivity index (χ4n) is 6.39. The van der Waals surface area contributed by atoms with Crippen molar-refractivity contribution in [2.75, 3.05) is 6.54 Å². The summed E-state index contributed by atoms with van der Waals surface area (Å²) in [7, 11) is -3.70. The van der Waals surface area contributed by atoms with Gasteiger partial charge in [-0.05, 0) is 99.7 Å². The van der Waals surface area contributed by atoms with Crippen LogP contribution >= 0.6 is 0 Å². The van der Waals surface area contributed by atoms with Crippen molar-refractivity contribution >= 4 is 15.9 Å². The van der Waals surface area contributed by atoms with E-state index in [0.29, 0.717) is 5.56 Å². The predicted octanol–water partition coefficient (Wildman–Crippen LogP) is 3.30. The highest BCUT2D eigenvalue weighted by atomic mass is 32.2. The van der Waals surface area contributed by atoms with Crippen molar-refractivity contribution in [3.63, 3.8) is 0 Å². The highest BCUT2D eigenvalue weighted by Crippen LogP contribution is 2.61. The van der Waals surface area contributed by atoms with Crippen LogP contribution in [-0.2, 0) is 14.8 Å². The summed E-state index contributed by atoms with van der Waals surface area (Å²) in [4.78, 5) is 12.8. The molecule has 1 amide bonds. The lowest BCUT2D eigenvalue weighted by Gasteiger charge is -2.59. The third-order valence-corrected chi connectivity index (χ3v) is 8.98. The molecule has 1 aromatic carbocycles. The maximum Gasteiger partial charge on any atom is 0.241 e. The van der Waals surface area contributed by atoms with Gasteiger partial charge in [-0.15, -0.1) is 0 Å². The number of benzene rings is 1. The summed E-state index contributed by atoms with van der Waals surface area (Å²) >= 11 is 0. The van der Waals surface area contributed by atoms with E-state index in [1.807, 2.05) is 13.0 Å². The number of sulfonamides is 1. The highest BCUT2D eigenvalue weighted by Gasteiger charge is 2.53. The van der Waals surface area contributed by atoms with Gasteiger partial charge in [0.15, 0.2) is 0 Å². The molecule has 1 atom stereocenters. The Hall–Kier alpha value is -1.40. The topological polar surface area (TPSA) is 75.3 Å². The smallest absolute Gasteiger partial charge is 0.241 e. The van der Waals surface area contributed by atoms with Gasteiger partial charge in [0, 0.05) is 6.04 Å². The van der Waals surface area contributed by atoms with Crippen LogP contribution in [0.4, 0.5) is 0 Å². The van der Waals surface area contributed by atoms with E-state index < -0.39 is 10.0 Å². The van der Waals surface area contributed by atoms with Gasteiger partial charge in [-0.1, -0.05) is 12.1 Å². The van der Waals surface area contributed by atoms with Gasteiger partial charge < -0.3 is 5.32 Å². The normalized spacial score (nSPS) is 32.3. The van der Waals surface area contributed by atoms with E-state index in [-0.39, 0.29) is 28.8 Å². The van der Waals surface area contributed by atoms with Crippen molar-refractivity contribution in [1.29, 1.82) is 0 Å². The first-order valence-corrected chi connectivity index (χ1v) is 12.0. The summed E-state index contributed by atoms with van der Waals surface area (Å²) in [6.07, 6.45) is 7.76. The van der Waals surface area contributed by atoms with Crippen LogP contribution < -0.4 is 10.0 Å². The molecule has 4 fully saturated rings. The van der Waals surface area contributed by atoms with Crippen LogP contribution in [0.15, 0.2) is 23.1 Å². The molecule has 154 valence electrons. The van der Waals surface area contributed by atoms with E-state index in [0.717, 1.165) is 23.3 Å². The lowest BCUT2D eigenvalue weighted by atomic mass is 9.48. The van der Waals surface area contributed by atoms with Gasteiger partial charge in [-0.25, -0.2) is 13.1 Å². The zero-order chi connectivity index (χ0) is 20.1. The molecule has 5 rings (SSSR count). The molecule has 0 aromatic heterocycles. The molecule has 5 nitrogen and oxygen atoms in total. The molecule has 4 aliphatic rings. The standard InChI is InChI=1S/C22H32N2O3S/c1-14-4-5-15(2)20(6-14)28(26,27)23-13-21(25)24-16(3)22-10-17-7-18(11-22)9-19(8-17)12-22/h4-6,16-19,23H,7-13H2,1-3H3,(H,24,25)/t16-,17?,18?,19?,22?/m1/s1. The fraction of sp³-hybridized carbons (Fsp3) is 0.682. The number of hydrogen-bond donors (Lipinski definition) is 2. The average Bonchev–Trinajstić information content (AvgIpc) is 2.61. The predicted molar refractivity (Wildman–Crippen MR) is 109 cm³/mol. The first kappa shape index (κ1) is 19.9. The Morgan fingerprint density at radius 1 is 1.11 bits per heavy atom. The molecule has 6 heteroatoms. The molecule has 4 bridgehead atoms. The molecule has 0 radical (unpaired) electrons. The molecule has 0 unspecified atom stereocenters. The number of rotatable bonds is 6. The Kier molecular flexibility index (Phi) is 5.07. The fourth-order valence-corrected chi connectivity index (χ4v) is 7.70. The van der Waals surface area contributed by atoms with Crippen LogP contribution in [-0.4, -0.2) is 26.9 Å². The first-order chi connectivity index (χ1) is 13.2. The van der Waals surface area contributed by atoms with Crippen LogP contribution in [0.5, 0.6) is 0 Å². The van der Waals surface area contributed by atoms with Gasteiger partial charge >= 0.3 is 0 Å². The van der Waals surface area contributed by atoms with E-state index in [2.05, 4.69) is 17.0 Å². The minimum absolute atomic E-state index is 0.0959. The Labute approximate surface area is 168 Å². The zero-order valence-electron chi connectivity index (χ0n) is 17.1. The third-order valence-electron chi connectivity index (χ3n) is 7.44. The molecule has 2 N–H and O–H groups in total. The van der Waals surface area contributed by atoms with Crippen LogP contribution in [0.3, 0.4) is 0 Å². The summed E-state index contributed by atoms with van der Waals surface area (Å²) in [6, 6.07) is 5.42. The van der Waals surface area contributed by atoms with Gasteiger partial charge in [-0.3, -0.25) is 4.79 Å². The molecular weight excluding hydrogens is 372 g/mol. The van der Waals surface area contributed by atoms with Crippen molar-refractivity contribution in [3.05, 3.63) is 29.3 Å². The van der Waals surface area contributed by atoms with Crippen LogP contribution in [0.25, 0.3) is 0 Å². The molecule has 0 saturated heterocycles. The molecule has 4 aliphatic carbocycles. The minimum Gasteiger partial charge on any atom is -0.352 e. The van der Waals surface area contributed by atoms with E-state index in [1.165, 1.54) is 38.5 Å². The van der Waals surface area contributed by atoms with Gasteiger partial charge in [0.2, 0.25) is 15.9 Å². The average molecular weight is 405 g/mol. The lowest BCUT2D eigenvalue weighted by molar-refractivity contribution is -0.124. The van der Waals surface area contributed by atoms with Crippen molar-refractivity contribution in [2.24, 2.45) is 23.2 Å². The number of hydrogen-bond acceptors (Lipinski definition) is 3.